The van der Waals surface area contributed by atoms with Crippen LogP contribution >= 0.6 is 0 Å². The number of carbonyl (C=O) groups is 8. The number of nitrogens with zero attached hydrogens (tertiary/aromatic N) is 4. The fourth-order valence-corrected chi connectivity index (χ4v) is 4.62. The summed E-state index contributed by atoms with van der Waals surface area (Å²) in [7, 11) is 1.71. The second kappa shape index (κ2) is 31.3. The first-order valence-electron chi connectivity index (χ1n) is 17.8. The monoisotopic (exact) mass is 760 g/mol. The summed E-state index contributed by atoms with van der Waals surface area (Å²) in [5.74, 6) is -3.00. The third kappa shape index (κ3) is 27.1. The molecule has 1 saturated heterocycles. The minimum Gasteiger partial charge on any atom is -0.465 e. The van der Waals surface area contributed by atoms with Crippen LogP contribution in [0.5, 0.6) is 0 Å². The van der Waals surface area contributed by atoms with Gasteiger partial charge in [0.15, 0.2) is 0 Å². The van der Waals surface area contributed by atoms with Crippen LogP contribution in [0, 0.1) is 0 Å². The van der Waals surface area contributed by atoms with Crippen molar-refractivity contribution in [2.24, 2.45) is 0 Å². The average molecular weight is 761 g/mol. The number of ether oxygens (including phenoxy) is 4. The summed E-state index contributed by atoms with van der Waals surface area (Å²) in [4.78, 5) is 102. The summed E-state index contributed by atoms with van der Waals surface area (Å²) in [5.41, 5.74) is 0. The van der Waals surface area contributed by atoms with Crippen molar-refractivity contribution >= 4 is 47.9 Å². The maximum Gasteiger partial charge on any atom is 0.325 e. The van der Waals surface area contributed by atoms with Crippen molar-refractivity contribution in [1.29, 1.82) is 0 Å². The summed E-state index contributed by atoms with van der Waals surface area (Å²) < 4.78 is 19.1. The second-order valence-corrected chi connectivity index (χ2v) is 11.4. The van der Waals surface area contributed by atoms with E-state index in [9.17, 15) is 38.4 Å². The van der Waals surface area contributed by atoms with E-state index in [4.69, 9.17) is 14.2 Å². The molecule has 1 aliphatic rings. The predicted octanol–water partition coefficient (Wildman–Crippen LogP) is -3.79. The van der Waals surface area contributed by atoms with Crippen molar-refractivity contribution in [2.75, 3.05) is 138 Å². The van der Waals surface area contributed by atoms with Crippen molar-refractivity contribution in [3.8, 4) is 0 Å². The Kier molecular flexibility index (Phi) is 28.8. The van der Waals surface area contributed by atoms with Crippen LogP contribution in [-0.2, 0) is 57.3 Å². The molecule has 0 aromatic carbocycles. The van der Waals surface area contributed by atoms with E-state index in [1.807, 2.05) is 19.6 Å². The highest BCUT2D eigenvalue weighted by Gasteiger charge is 2.21. The highest BCUT2D eigenvalue weighted by Crippen LogP contribution is 2.01. The molecule has 4 N–H and O–H groups in total. The Hall–Kier alpha value is -4.24. The molecule has 1 fully saturated rings. The van der Waals surface area contributed by atoms with Crippen molar-refractivity contribution in [1.82, 2.24) is 40.9 Å². The Morgan fingerprint density at radius 3 is 0.981 bits per heavy atom. The van der Waals surface area contributed by atoms with E-state index in [-0.39, 0.29) is 83.4 Å². The van der Waals surface area contributed by atoms with Crippen LogP contribution in [0.4, 0.5) is 0 Å². The maximum absolute atomic E-state index is 12.7. The van der Waals surface area contributed by atoms with E-state index >= 15 is 0 Å². The van der Waals surface area contributed by atoms with Crippen LogP contribution in [0.25, 0.3) is 0 Å². The van der Waals surface area contributed by atoms with Gasteiger partial charge in [-0.15, -0.1) is 0 Å². The van der Waals surface area contributed by atoms with Crippen LogP contribution in [-0.4, -0.2) is 206 Å². The molecule has 304 valence electrons. The molecule has 3 amide bonds. The summed E-state index contributed by atoms with van der Waals surface area (Å²) >= 11 is 0. The zero-order chi connectivity index (χ0) is 39.9. The molecule has 1 aliphatic heterocycles. The minimum absolute atomic E-state index is 0.0238. The van der Waals surface area contributed by atoms with Crippen LogP contribution < -0.4 is 21.3 Å². The fraction of sp³-hybridized carbons (Fsp3) is 0.758. The molecule has 0 radical (unpaired) electrons. The SMILES string of the molecule is CCOC(=O)CNC.CCOC(=O)CNC(=O)CN1CCN(CC=O)CCN(CC(=O)NCC(=O)OCC)CCN(CC(=O)NCC(=O)OCC)CC1. The molecule has 0 unspecified atom stereocenters. The standard InChI is InChI=1S/C28H49N7O10.C5H11NO2/c1-4-43-26(40)17-29-23(37)20-33-9-7-32(15-16-36)8-10-34(21-24(38)30-18-27(41)44-5-2)12-14-35(13-11-33)22-25(39)31-19-28(42)45-6-3;1-3-8-5(7)4-6-2/h16H,4-15,17-22H2,1-3H3,(H,29,37)(H,30,38)(H,31,39);6H,3-4H2,1-2H3. The fourth-order valence-electron chi connectivity index (χ4n) is 4.62. The van der Waals surface area contributed by atoms with Gasteiger partial charge in [-0.25, -0.2) is 0 Å². The molecule has 1 rings (SSSR count). The van der Waals surface area contributed by atoms with E-state index in [2.05, 4.69) is 26.0 Å². The van der Waals surface area contributed by atoms with Gasteiger partial charge in [-0.05, 0) is 34.7 Å². The number of likely N-dealkylation sites (N-methyl/N-ethyl adjacent to an activating group) is 1. The van der Waals surface area contributed by atoms with E-state index in [0.29, 0.717) is 65.5 Å². The first kappa shape index (κ1) is 48.8. The largest absolute Gasteiger partial charge is 0.465 e. The lowest BCUT2D eigenvalue weighted by atomic mass is 10.3. The van der Waals surface area contributed by atoms with Crippen LogP contribution in [0.1, 0.15) is 27.7 Å². The Balaban J connectivity index is 0.00000301. The Morgan fingerprint density at radius 2 is 0.736 bits per heavy atom. The number of carbonyl (C=O) groups excluding carboxylic acids is 8. The molecule has 0 aromatic rings. The number of esters is 4. The molecule has 53 heavy (non-hydrogen) atoms. The highest BCUT2D eigenvalue weighted by molar-refractivity contribution is 5.84. The summed E-state index contributed by atoms with van der Waals surface area (Å²) in [5, 5.41) is 10.3. The van der Waals surface area contributed by atoms with E-state index in [0.717, 1.165) is 6.29 Å². The molecule has 1 heterocycles. The van der Waals surface area contributed by atoms with Gasteiger partial charge in [0, 0.05) is 52.4 Å². The van der Waals surface area contributed by atoms with E-state index in [1.165, 1.54) is 0 Å². The molecular weight excluding hydrogens is 700 g/mol. The number of hydrogen-bond donors (Lipinski definition) is 4. The Labute approximate surface area is 311 Å². The van der Waals surface area contributed by atoms with Crippen molar-refractivity contribution in [3.63, 3.8) is 0 Å². The molecule has 0 aliphatic carbocycles. The lowest BCUT2D eigenvalue weighted by molar-refractivity contribution is -0.144. The topological polar surface area (TPSA) is 235 Å². The van der Waals surface area contributed by atoms with Gasteiger partial charge in [-0.3, -0.25) is 53.2 Å². The van der Waals surface area contributed by atoms with Gasteiger partial charge in [-0.2, -0.15) is 0 Å². The van der Waals surface area contributed by atoms with Gasteiger partial charge < -0.3 is 45.0 Å². The summed E-state index contributed by atoms with van der Waals surface area (Å²) in [6, 6.07) is 0. The first-order valence-corrected chi connectivity index (χ1v) is 17.8. The highest BCUT2D eigenvalue weighted by atomic mass is 16.5. The number of aldehydes is 1. The molecule has 0 atom stereocenters. The summed E-state index contributed by atoms with van der Waals surface area (Å²) in [6.45, 7) is 10.5. The van der Waals surface area contributed by atoms with Crippen LogP contribution in [0.2, 0.25) is 0 Å². The zero-order valence-electron chi connectivity index (χ0n) is 31.9. The van der Waals surface area contributed by atoms with Gasteiger partial charge in [0.25, 0.3) is 0 Å². The molecule has 0 aromatic heterocycles. The number of hydrogen-bond acceptors (Lipinski definition) is 17. The third-order valence-corrected chi connectivity index (χ3v) is 7.20. The molecule has 20 heteroatoms. The van der Waals surface area contributed by atoms with Gasteiger partial charge >= 0.3 is 23.9 Å². The third-order valence-electron chi connectivity index (χ3n) is 7.20. The van der Waals surface area contributed by atoms with Crippen LogP contribution in [0.15, 0.2) is 0 Å². The second-order valence-electron chi connectivity index (χ2n) is 11.4. The predicted molar refractivity (Wildman–Crippen MR) is 191 cm³/mol. The lowest BCUT2D eigenvalue weighted by Crippen LogP contribution is -2.51. The van der Waals surface area contributed by atoms with Crippen molar-refractivity contribution in [2.45, 2.75) is 27.7 Å². The number of rotatable bonds is 20. The normalized spacial score (nSPS) is 14.8. The molecule has 20 nitrogen and oxygen atoms in total. The molecular formula is C33H60N8O12. The maximum atomic E-state index is 12.7. The molecule has 0 bridgehead atoms. The van der Waals surface area contributed by atoms with Crippen LogP contribution in [0.3, 0.4) is 0 Å². The Bertz CT molecular complexity index is 1070. The minimum atomic E-state index is -0.556. The number of nitrogens with one attached hydrogen (secondary N) is 4. The van der Waals surface area contributed by atoms with E-state index < -0.39 is 23.8 Å². The smallest absolute Gasteiger partial charge is 0.325 e. The summed E-state index contributed by atoms with van der Waals surface area (Å²) in [6.07, 6.45) is 0.787. The van der Waals surface area contributed by atoms with Crippen molar-refractivity contribution < 1.29 is 57.3 Å². The molecule has 0 saturated carbocycles. The zero-order valence-corrected chi connectivity index (χ0v) is 31.9. The quantitative estimate of drug-likeness (QED) is 0.0530. The van der Waals surface area contributed by atoms with Crippen molar-refractivity contribution in [3.05, 3.63) is 0 Å². The van der Waals surface area contributed by atoms with E-state index in [1.54, 1.807) is 34.7 Å². The van der Waals surface area contributed by atoms with Gasteiger partial charge in [0.05, 0.1) is 59.2 Å². The first-order chi connectivity index (χ1) is 25.4. The van der Waals surface area contributed by atoms with Gasteiger partial charge in [0.1, 0.15) is 25.9 Å². The van der Waals surface area contributed by atoms with Gasteiger partial charge in [-0.1, -0.05) is 0 Å². The Morgan fingerprint density at radius 1 is 0.472 bits per heavy atom. The van der Waals surface area contributed by atoms with Gasteiger partial charge in [0.2, 0.25) is 17.7 Å². The number of amides is 3. The lowest BCUT2D eigenvalue weighted by Gasteiger charge is -2.33. The molecule has 0 spiro atoms. The average Bonchev–Trinajstić information content (AvgIpc) is 3.11.